The molecule has 6 nitrogen and oxygen atoms in total. The summed E-state index contributed by atoms with van der Waals surface area (Å²) in [5, 5.41) is 13.6. The Kier molecular flexibility index (Phi) is 5.33. The minimum Gasteiger partial charge on any atom is -0.321 e. The van der Waals surface area contributed by atoms with Crippen LogP contribution >= 0.6 is 11.3 Å². The van der Waals surface area contributed by atoms with Gasteiger partial charge in [-0.1, -0.05) is 12.1 Å². The van der Waals surface area contributed by atoms with Gasteiger partial charge in [-0.05, 0) is 31.2 Å². The Morgan fingerprint density at radius 2 is 1.83 bits per heavy atom. The fourth-order valence-electron chi connectivity index (χ4n) is 2.45. The molecule has 1 N–H and O–H groups in total. The fourth-order valence-corrected chi connectivity index (χ4v) is 3.42. The van der Waals surface area contributed by atoms with Gasteiger partial charge in [-0.15, -0.1) is 11.3 Å². The molecular formula is C18H11F4N3O3S. The minimum absolute atomic E-state index is 0.0204. The van der Waals surface area contributed by atoms with Crippen molar-refractivity contribution in [3.63, 3.8) is 0 Å². The van der Waals surface area contributed by atoms with Gasteiger partial charge in [0, 0.05) is 17.3 Å². The number of halogens is 4. The molecule has 150 valence electrons. The molecule has 29 heavy (non-hydrogen) atoms. The van der Waals surface area contributed by atoms with Crippen LogP contribution in [0.15, 0.2) is 42.5 Å². The number of aromatic nitrogens is 1. The molecule has 0 spiro atoms. The van der Waals surface area contributed by atoms with Gasteiger partial charge in [0.2, 0.25) is 5.82 Å². The first-order valence-corrected chi connectivity index (χ1v) is 8.78. The van der Waals surface area contributed by atoms with E-state index in [-0.39, 0.29) is 10.6 Å². The number of alkyl halides is 3. The number of nitro groups is 1. The van der Waals surface area contributed by atoms with Crippen LogP contribution in [0.25, 0.3) is 10.6 Å². The van der Waals surface area contributed by atoms with Gasteiger partial charge in [-0.2, -0.15) is 17.6 Å². The summed E-state index contributed by atoms with van der Waals surface area (Å²) in [6, 6.07) is 7.28. The third-order valence-corrected chi connectivity index (χ3v) is 5.07. The maximum Gasteiger partial charge on any atom is 0.416 e. The first-order valence-electron chi connectivity index (χ1n) is 7.96. The largest absolute Gasteiger partial charge is 0.416 e. The van der Waals surface area contributed by atoms with E-state index in [9.17, 15) is 32.5 Å². The van der Waals surface area contributed by atoms with Crippen LogP contribution in [-0.4, -0.2) is 15.8 Å². The van der Waals surface area contributed by atoms with E-state index in [1.807, 2.05) is 0 Å². The lowest BCUT2D eigenvalue weighted by molar-refractivity contribution is -0.387. The van der Waals surface area contributed by atoms with Gasteiger partial charge in [-0.3, -0.25) is 14.9 Å². The van der Waals surface area contributed by atoms with Crippen molar-refractivity contribution in [1.82, 2.24) is 4.98 Å². The van der Waals surface area contributed by atoms with Crippen molar-refractivity contribution in [3.05, 3.63) is 74.5 Å². The van der Waals surface area contributed by atoms with E-state index < -0.39 is 34.1 Å². The summed E-state index contributed by atoms with van der Waals surface area (Å²) < 4.78 is 51.4. The topological polar surface area (TPSA) is 85.1 Å². The van der Waals surface area contributed by atoms with E-state index in [1.165, 1.54) is 18.2 Å². The average molecular weight is 425 g/mol. The van der Waals surface area contributed by atoms with Gasteiger partial charge in [0.1, 0.15) is 9.88 Å². The molecular weight excluding hydrogens is 414 g/mol. The third kappa shape index (κ3) is 4.40. The number of benzene rings is 2. The summed E-state index contributed by atoms with van der Waals surface area (Å²) in [6.45, 7) is 1.55. The van der Waals surface area contributed by atoms with Crippen LogP contribution < -0.4 is 5.32 Å². The van der Waals surface area contributed by atoms with Crippen LogP contribution in [0.2, 0.25) is 0 Å². The van der Waals surface area contributed by atoms with Crippen molar-refractivity contribution in [2.24, 2.45) is 0 Å². The van der Waals surface area contributed by atoms with Crippen molar-refractivity contribution in [2.75, 3.05) is 5.32 Å². The lowest BCUT2D eigenvalue weighted by atomic mass is 10.1. The zero-order chi connectivity index (χ0) is 21.3. The van der Waals surface area contributed by atoms with E-state index in [1.54, 1.807) is 6.92 Å². The summed E-state index contributed by atoms with van der Waals surface area (Å²) in [6.07, 6.45) is -4.46. The zero-order valence-corrected chi connectivity index (χ0v) is 15.4. The second kappa shape index (κ2) is 7.59. The van der Waals surface area contributed by atoms with Gasteiger partial charge in [0.25, 0.3) is 5.91 Å². The van der Waals surface area contributed by atoms with Gasteiger partial charge in [-0.25, -0.2) is 4.98 Å². The molecule has 0 radical (unpaired) electrons. The molecule has 1 aromatic heterocycles. The third-order valence-electron chi connectivity index (χ3n) is 3.86. The summed E-state index contributed by atoms with van der Waals surface area (Å²) in [7, 11) is 0. The highest BCUT2D eigenvalue weighted by atomic mass is 32.1. The average Bonchev–Trinajstić information content (AvgIpc) is 3.04. The molecule has 11 heteroatoms. The Balaban J connectivity index is 1.84. The van der Waals surface area contributed by atoms with Crippen LogP contribution in [0.1, 0.15) is 20.9 Å². The number of amides is 1. The molecule has 2 aromatic carbocycles. The van der Waals surface area contributed by atoms with Crippen LogP contribution in [0.4, 0.5) is 28.9 Å². The van der Waals surface area contributed by atoms with Crippen molar-refractivity contribution in [2.45, 2.75) is 13.1 Å². The predicted molar refractivity (Wildman–Crippen MR) is 98.3 cm³/mol. The highest BCUT2D eigenvalue weighted by Crippen LogP contribution is 2.33. The van der Waals surface area contributed by atoms with Crippen LogP contribution in [0.5, 0.6) is 0 Å². The second-order valence-corrected chi connectivity index (χ2v) is 6.89. The van der Waals surface area contributed by atoms with E-state index in [0.29, 0.717) is 16.3 Å². The molecule has 0 aliphatic heterocycles. The lowest BCUT2D eigenvalue weighted by Gasteiger charge is -2.06. The minimum atomic E-state index is -4.46. The summed E-state index contributed by atoms with van der Waals surface area (Å²) in [5.74, 6) is -1.66. The molecule has 3 rings (SSSR count). The highest BCUT2D eigenvalue weighted by Gasteiger charge is 2.30. The number of hydrogen-bond donors (Lipinski definition) is 1. The Morgan fingerprint density at radius 1 is 1.17 bits per heavy atom. The number of anilines is 1. The SMILES string of the molecule is Cc1nc(-c2ccc(C(F)(F)F)cc2)sc1C(=O)Nc1ccc(F)c([N+](=O)[O-])c1. The second-order valence-electron chi connectivity index (χ2n) is 5.89. The molecule has 3 aromatic rings. The fraction of sp³-hybridized carbons (Fsp3) is 0.111. The van der Waals surface area contributed by atoms with Crippen LogP contribution in [-0.2, 0) is 6.18 Å². The maximum atomic E-state index is 13.4. The van der Waals surface area contributed by atoms with Crippen molar-refractivity contribution >= 4 is 28.6 Å². The number of nitrogens with one attached hydrogen (secondary N) is 1. The van der Waals surface area contributed by atoms with Crippen LogP contribution in [0, 0.1) is 22.9 Å². The monoisotopic (exact) mass is 425 g/mol. The number of carbonyl (C=O) groups is 1. The Bertz CT molecular complexity index is 1090. The molecule has 0 bridgehead atoms. The Morgan fingerprint density at radius 3 is 2.41 bits per heavy atom. The number of rotatable bonds is 4. The number of thiazole rings is 1. The number of aryl methyl sites for hydroxylation is 1. The first-order chi connectivity index (χ1) is 13.6. The first kappa shape index (κ1) is 20.4. The molecule has 0 saturated carbocycles. The van der Waals surface area contributed by atoms with Crippen molar-refractivity contribution < 1.29 is 27.3 Å². The predicted octanol–water partition coefficient (Wildman–Crippen LogP) is 5.44. The normalized spacial score (nSPS) is 11.3. The molecule has 0 aliphatic rings. The highest BCUT2D eigenvalue weighted by molar-refractivity contribution is 7.17. The zero-order valence-electron chi connectivity index (χ0n) is 14.6. The van der Waals surface area contributed by atoms with Gasteiger partial charge < -0.3 is 5.32 Å². The molecule has 0 fully saturated rings. The number of nitrogens with zero attached hydrogens (tertiary/aromatic N) is 2. The Hall–Kier alpha value is -3.34. The number of nitro benzene ring substituents is 1. The molecule has 1 amide bonds. The van der Waals surface area contributed by atoms with E-state index in [4.69, 9.17) is 0 Å². The van der Waals surface area contributed by atoms with E-state index in [2.05, 4.69) is 10.3 Å². The summed E-state index contributed by atoms with van der Waals surface area (Å²) in [5.41, 5.74) is -0.826. The molecule has 0 aliphatic carbocycles. The van der Waals surface area contributed by atoms with Gasteiger partial charge >= 0.3 is 11.9 Å². The summed E-state index contributed by atoms with van der Waals surface area (Å²) in [4.78, 5) is 26.7. The lowest BCUT2D eigenvalue weighted by Crippen LogP contribution is -2.11. The summed E-state index contributed by atoms with van der Waals surface area (Å²) >= 11 is 0.955. The maximum absolute atomic E-state index is 13.4. The number of carbonyl (C=O) groups excluding carboxylic acids is 1. The Labute approximate surface area is 165 Å². The smallest absolute Gasteiger partial charge is 0.321 e. The van der Waals surface area contributed by atoms with Crippen LogP contribution in [0.3, 0.4) is 0 Å². The quantitative estimate of drug-likeness (QED) is 0.343. The van der Waals surface area contributed by atoms with Crippen molar-refractivity contribution in [1.29, 1.82) is 0 Å². The molecule has 0 unspecified atom stereocenters. The van der Waals surface area contributed by atoms with Crippen molar-refractivity contribution in [3.8, 4) is 10.6 Å². The standard InChI is InChI=1S/C18H11F4N3O3S/c1-9-15(16(26)24-12-6-7-13(19)14(8-12)25(27)28)29-17(23-9)10-2-4-11(5-3-10)18(20,21)22/h2-8H,1H3,(H,24,26). The van der Waals surface area contributed by atoms with E-state index in [0.717, 1.165) is 35.6 Å². The number of hydrogen-bond acceptors (Lipinski definition) is 5. The molecule has 0 saturated heterocycles. The molecule has 1 heterocycles. The molecule has 0 atom stereocenters. The van der Waals surface area contributed by atoms with Gasteiger partial charge in [0.05, 0.1) is 16.2 Å². The van der Waals surface area contributed by atoms with Gasteiger partial charge in [0.15, 0.2) is 0 Å². The van der Waals surface area contributed by atoms with E-state index >= 15 is 0 Å².